The number of amides is 1. The maximum atomic E-state index is 13.9. The highest BCUT2D eigenvalue weighted by Crippen LogP contribution is 2.30. The van der Waals surface area contributed by atoms with Crippen LogP contribution in [0.25, 0.3) is 22.2 Å². The summed E-state index contributed by atoms with van der Waals surface area (Å²) in [6.45, 7) is 4.75. The van der Waals surface area contributed by atoms with E-state index in [0.717, 1.165) is 68.0 Å². The summed E-state index contributed by atoms with van der Waals surface area (Å²) in [5, 5.41) is 4.30. The number of aryl methyl sites for hydroxylation is 1. The van der Waals surface area contributed by atoms with Gasteiger partial charge in [0.2, 0.25) is 11.9 Å². The Kier molecular flexibility index (Phi) is 6.67. The first-order valence-corrected chi connectivity index (χ1v) is 13.7. The van der Waals surface area contributed by atoms with Gasteiger partial charge in [-0.15, -0.1) is 0 Å². The van der Waals surface area contributed by atoms with Crippen molar-refractivity contribution >= 4 is 22.9 Å². The number of pyridine rings is 1. The predicted octanol–water partition coefficient (Wildman–Crippen LogP) is 4.32. The van der Waals surface area contributed by atoms with Gasteiger partial charge in [-0.25, -0.2) is 4.98 Å². The van der Waals surface area contributed by atoms with Crippen LogP contribution < -0.4 is 10.9 Å². The van der Waals surface area contributed by atoms with Crippen molar-refractivity contribution in [2.45, 2.75) is 64.0 Å². The van der Waals surface area contributed by atoms with Crippen molar-refractivity contribution in [2.24, 2.45) is 5.92 Å². The lowest BCUT2D eigenvalue weighted by atomic mass is 10.00. The molecule has 3 fully saturated rings. The minimum Gasteiger partial charge on any atom is -0.381 e. The molecule has 8 nitrogen and oxygen atoms in total. The molecule has 0 radical (unpaired) electrons. The number of carbonyl (C=O) groups is 1. The number of hydrogen-bond acceptors (Lipinski definition) is 6. The SMILES string of the molecule is Cc1ccccc1-c1cc2cnc(N[C@H]3CCN(C(=O)C4CCCC4)C3)nc2n(C2CCOCC2)c1=O. The van der Waals surface area contributed by atoms with Gasteiger partial charge in [0.05, 0.1) is 0 Å². The van der Waals surface area contributed by atoms with Gasteiger partial charge in [0.25, 0.3) is 5.56 Å². The van der Waals surface area contributed by atoms with Crippen molar-refractivity contribution < 1.29 is 9.53 Å². The second kappa shape index (κ2) is 10.2. The number of likely N-dealkylation sites (tertiary alicyclic amines) is 1. The molecule has 2 saturated heterocycles. The molecular formula is C29H35N5O3. The van der Waals surface area contributed by atoms with E-state index in [1.807, 2.05) is 52.9 Å². The number of hydrogen-bond donors (Lipinski definition) is 1. The largest absolute Gasteiger partial charge is 0.381 e. The molecule has 1 aliphatic carbocycles. The molecule has 3 aromatic rings. The lowest BCUT2D eigenvalue weighted by molar-refractivity contribution is -0.134. The summed E-state index contributed by atoms with van der Waals surface area (Å²) in [6, 6.07) is 10.1. The lowest BCUT2D eigenvalue weighted by Crippen LogP contribution is -2.35. The van der Waals surface area contributed by atoms with Crippen LogP contribution in [-0.2, 0) is 9.53 Å². The number of nitrogens with zero attached hydrogens (tertiary/aromatic N) is 4. The monoisotopic (exact) mass is 501 g/mol. The van der Waals surface area contributed by atoms with Crippen molar-refractivity contribution in [3.8, 4) is 11.1 Å². The second-order valence-corrected chi connectivity index (χ2v) is 10.8. The Labute approximate surface area is 217 Å². The van der Waals surface area contributed by atoms with Gasteiger partial charge in [-0.1, -0.05) is 37.1 Å². The number of benzene rings is 1. The van der Waals surface area contributed by atoms with Crippen LogP contribution in [0.2, 0.25) is 0 Å². The molecule has 1 atom stereocenters. The third-order valence-corrected chi connectivity index (χ3v) is 8.30. The average Bonchev–Trinajstić information content (AvgIpc) is 3.62. The van der Waals surface area contributed by atoms with Gasteiger partial charge < -0.3 is 15.0 Å². The Morgan fingerprint density at radius 3 is 2.62 bits per heavy atom. The summed E-state index contributed by atoms with van der Waals surface area (Å²) < 4.78 is 7.47. The first kappa shape index (κ1) is 24.1. The summed E-state index contributed by atoms with van der Waals surface area (Å²) in [5.74, 6) is 1.02. The van der Waals surface area contributed by atoms with Gasteiger partial charge in [-0.2, -0.15) is 4.98 Å². The van der Waals surface area contributed by atoms with Crippen LogP contribution in [0.3, 0.4) is 0 Å². The number of ether oxygens (including phenoxy) is 1. The highest BCUT2D eigenvalue weighted by atomic mass is 16.5. The molecule has 1 amide bonds. The lowest BCUT2D eigenvalue weighted by Gasteiger charge is -2.26. The summed E-state index contributed by atoms with van der Waals surface area (Å²) >= 11 is 0. The van der Waals surface area contributed by atoms with Crippen LogP contribution in [0.1, 0.15) is 56.6 Å². The van der Waals surface area contributed by atoms with Gasteiger partial charge in [-0.3, -0.25) is 14.2 Å². The van der Waals surface area contributed by atoms with Crippen LogP contribution in [-0.4, -0.2) is 57.7 Å². The predicted molar refractivity (Wildman–Crippen MR) is 144 cm³/mol. The van der Waals surface area contributed by atoms with E-state index < -0.39 is 0 Å². The molecule has 2 aromatic heterocycles. The molecule has 1 saturated carbocycles. The van der Waals surface area contributed by atoms with E-state index in [4.69, 9.17) is 9.72 Å². The molecule has 2 aliphatic heterocycles. The Morgan fingerprint density at radius 2 is 1.84 bits per heavy atom. The fourth-order valence-electron chi connectivity index (χ4n) is 6.23. The molecule has 8 heteroatoms. The maximum absolute atomic E-state index is 13.9. The van der Waals surface area contributed by atoms with Gasteiger partial charge >= 0.3 is 0 Å². The fourth-order valence-corrected chi connectivity index (χ4v) is 6.23. The maximum Gasteiger partial charge on any atom is 0.260 e. The average molecular weight is 502 g/mol. The Morgan fingerprint density at radius 1 is 1.05 bits per heavy atom. The van der Waals surface area contributed by atoms with Crippen molar-refractivity contribution in [3.63, 3.8) is 0 Å². The minimum absolute atomic E-state index is 0.0208. The molecule has 4 heterocycles. The fraction of sp³-hybridized carbons (Fsp3) is 0.517. The van der Waals surface area contributed by atoms with Gasteiger partial charge in [-0.05, 0) is 56.2 Å². The summed E-state index contributed by atoms with van der Waals surface area (Å²) in [4.78, 5) is 38.3. The van der Waals surface area contributed by atoms with Crippen molar-refractivity contribution in [1.82, 2.24) is 19.4 Å². The first-order valence-electron chi connectivity index (χ1n) is 13.7. The molecule has 6 rings (SSSR count). The van der Waals surface area contributed by atoms with Crippen molar-refractivity contribution in [3.05, 3.63) is 52.4 Å². The Hall–Kier alpha value is -3.26. The van der Waals surface area contributed by atoms with Gasteiger partial charge in [0, 0.05) is 61.5 Å². The number of rotatable bonds is 5. The third kappa shape index (κ3) is 4.75. The molecule has 0 spiro atoms. The minimum atomic E-state index is -0.0208. The quantitative estimate of drug-likeness (QED) is 0.560. The van der Waals surface area contributed by atoms with Crippen LogP contribution in [0.15, 0.2) is 41.3 Å². The molecule has 0 unspecified atom stereocenters. The molecule has 1 aromatic carbocycles. The number of carbonyl (C=O) groups excluding carboxylic acids is 1. The second-order valence-electron chi connectivity index (χ2n) is 10.8. The molecule has 3 aliphatic rings. The standard InChI is InChI=1S/C29H35N5O3/c1-19-6-2-5-9-24(19)25-16-21-17-30-29(32-26(21)34(28(25)36)23-11-14-37-15-12-23)31-22-10-13-33(18-22)27(35)20-7-3-4-8-20/h2,5-6,9,16-17,20,22-23H,3-4,7-8,10-15,18H2,1H3,(H,30,31,32)/t22-/m0/s1. The number of aromatic nitrogens is 3. The Balaban J connectivity index is 1.32. The zero-order chi connectivity index (χ0) is 25.4. The van der Waals surface area contributed by atoms with Crippen LogP contribution in [0.4, 0.5) is 5.95 Å². The zero-order valence-electron chi connectivity index (χ0n) is 21.5. The molecular weight excluding hydrogens is 466 g/mol. The summed E-state index contributed by atoms with van der Waals surface area (Å²) in [5.41, 5.74) is 3.32. The topological polar surface area (TPSA) is 89.3 Å². The van der Waals surface area contributed by atoms with E-state index in [9.17, 15) is 9.59 Å². The zero-order valence-corrected chi connectivity index (χ0v) is 21.5. The molecule has 194 valence electrons. The normalized spacial score (nSPS) is 21.1. The molecule has 0 bridgehead atoms. The van der Waals surface area contributed by atoms with Crippen molar-refractivity contribution in [1.29, 1.82) is 0 Å². The summed E-state index contributed by atoms with van der Waals surface area (Å²) in [6.07, 6.45) is 8.62. The molecule has 1 N–H and O–H groups in total. The van der Waals surface area contributed by atoms with E-state index in [1.54, 1.807) is 0 Å². The molecule has 37 heavy (non-hydrogen) atoms. The summed E-state index contributed by atoms with van der Waals surface area (Å²) in [7, 11) is 0. The van der Waals surface area contributed by atoms with E-state index in [2.05, 4.69) is 10.3 Å². The van der Waals surface area contributed by atoms with Crippen LogP contribution in [0, 0.1) is 12.8 Å². The van der Waals surface area contributed by atoms with Gasteiger partial charge in [0.1, 0.15) is 5.65 Å². The van der Waals surface area contributed by atoms with Crippen molar-refractivity contribution in [2.75, 3.05) is 31.6 Å². The van der Waals surface area contributed by atoms with E-state index in [1.165, 1.54) is 0 Å². The van der Waals surface area contributed by atoms with Gasteiger partial charge in [0.15, 0.2) is 0 Å². The number of fused-ring (bicyclic) bond motifs is 1. The highest BCUT2D eigenvalue weighted by Gasteiger charge is 2.32. The number of anilines is 1. The third-order valence-electron chi connectivity index (χ3n) is 8.30. The van der Waals surface area contributed by atoms with E-state index in [-0.39, 0.29) is 23.6 Å². The number of nitrogens with one attached hydrogen (secondary N) is 1. The first-order chi connectivity index (χ1) is 18.1. The smallest absolute Gasteiger partial charge is 0.260 e. The highest BCUT2D eigenvalue weighted by molar-refractivity contribution is 5.82. The van der Waals surface area contributed by atoms with Crippen LogP contribution >= 0.6 is 0 Å². The van der Waals surface area contributed by atoms with E-state index in [0.29, 0.717) is 42.8 Å². The van der Waals surface area contributed by atoms with Crippen LogP contribution in [0.5, 0.6) is 0 Å². The Bertz CT molecular complexity index is 1360. The van der Waals surface area contributed by atoms with E-state index >= 15 is 0 Å².